The van der Waals surface area contributed by atoms with Crippen molar-refractivity contribution in [3.63, 3.8) is 0 Å². The van der Waals surface area contributed by atoms with E-state index in [0.717, 1.165) is 11.8 Å². The van der Waals surface area contributed by atoms with Crippen LogP contribution in [0.15, 0.2) is 52.2 Å². The lowest BCUT2D eigenvalue weighted by Crippen LogP contribution is -2.27. The third kappa shape index (κ3) is 4.77. The van der Waals surface area contributed by atoms with Gasteiger partial charge in [-0.25, -0.2) is 13.4 Å². The molecule has 3 rings (SSSR count). The van der Waals surface area contributed by atoms with Crippen molar-refractivity contribution in [1.82, 2.24) is 5.01 Å². The number of nitrogens with one attached hydrogen (secondary N) is 1. The van der Waals surface area contributed by atoms with Gasteiger partial charge >= 0.3 is 5.97 Å². The lowest BCUT2D eigenvalue weighted by molar-refractivity contribution is -0.141. The number of amides is 1. The molecular weight excluding hydrogens is 386 g/mol. The summed E-state index contributed by atoms with van der Waals surface area (Å²) in [6.45, 7) is 0. The second-order valence-electron chi connectivity index (χ2n) is 6.37. The van der Waals surface area contributed by atoms with Gasteiger partial charge in [0, 0.05) is 18.5 Å². The van der Waals surface area contributed by atoms with E-state index in [4.69, 9.17) is 9.52 Å². The maximum atomic E-state index is 12.5. The van der Waals surface area contributed by atoms with Crippen molar-refractivity contribution in [3.05, 3.63) is 54.0 Å². The third-order valence-corrected chi connectivity index (χ3v) is 4.72. The molecule has 1 aromatic heterocycles. The van der Waals surface area contributed by atoms with Gasteiger partial charge in [-0.2, -0.15) is 5.10 Å². The Balaban J connectivity index is 1.83. The summed E-state index contributed by atoms with van der Waals surface area (Å²) in [5, 5.41) is 14.5. The highest BCUT2D eigenvalue weighted by Gasteiger charge is 2.34. The Bertz CT molecular complexity index is 996. The van der Waals surface area contributed by atoms with Gasteiger partial charge in [-0.05, 0) is 29.8 Å². The molecule has 0 saturated carbocycles. The largest absolute Gasteiger partial charge is 0.481 e. The zero-order valence-electron chi connectivity index (χ0n) is 15.0. The molecule has 9 nitrogen and oxygen atoms in total. The monoisotopic (exact) mass is 405 g/mol. The molecule has 1 unspecified atom stereocenters. The van der Waals surface area contributed by atoms with E-state index in [-0.39, 0.29) is 12.8 Å². The molecule has 1 aliphatic heterocycles. The Hall–Kier alpha value is -3.14. The summed E-state index contributed by atoms with van der Waals surface area (Å²) >= 11 is 0. The summed E-state index contributed by atoms with van der Waals surface area (Å²) < 4.78 is 30.4. The second-order valence-corrected chi connectivity index (χ2v) is 8.11. The minimum Gasteiger partial charge on any atom is -0.481 e. The number of hydrazone groups is 1. The Kier molecular flexibility index (Phi) is 5.50. The first-order valence-electron chi connectivity index (χ1n) is 8.46. The van der Waals surface area contributed by atoms with Crippen LogP contribution in [-0.4, -0.2) is 42.4 Å². The zero-order chi connectivity index (χ0) is 20.3. The number of carboxylic acid groups (broad SMARTS) is 1. The third-order valence-electron chi connectivity index (χ3n) is 4.11. The molecule has 0 bridgehead atoms. The van der Waals surface area contributed by atoms with E-state index >= 15 is 0 Å². The van der Waals surface area contributed by atoms with Crippen molar-refractivity contribution >= 4 is 33.3 Å². The van der Waals surface area contributed by atoms with Crippen LogP contribution in [0.1, 0.15) is 36.6 Å². The number of rotatable bonds is 7. The van der Waals surface area contributed by atoms with E-state index in [9.17, 15) is 18.0 Å². The van der Waals surface area contributed by atoms with Gasteiger partial charge in [0.05, 0.1) is 24.7 Å². The van der Waals surface area contributed by atoms with Crippen molar-refractivity contribution < 1.29 is 27.5 Å². The summed E-state index contributed by atoms with van der Waals surface area (Å²) in [5.41, 5.74) is 1.77. The van der Waals surface area contributed by atoms with Crippen LogP contribution in [0.2, 0.25) is 0 Å². The van der Waals surface area contributed by atoms with Gasteiger partial charge in [0.15, 0.2) is 0 Å². The average molecular weight is 405 g/mol. The molecule has 2 aromatic rings. The summed E-state index contributed by atoms with van der Waals surface area (Å²) in [5.74, 6) is -0.910. The summed E-state index contributed by atoms with van der Waals surface area (Å²) in [6, 6.07) is 9.61. The van der Waals surface area contributed by atoms with E-state index in [1.807, 2.05) is 0 Å². The first kappa shape index (κ1) is 19.6. The van der Waals surface area contributed by atoms with Crippen LogP contribution in [0.4, 0.5) is 5.69 Å². The van der Waals surface area contributed by atoms with Crippen LogP contribution in [0.3, 0.4) is 0 Å². The average Bonchev–Trinajstić information content (AvgIpc) is 3.28. The Labute approximate surface area is 161 Å². The SMILES string of the molecule is CS(=O)(=O)Nc1ccc(C2=NN(C(=O)CCC(=O)O)C(c3ccco3)C2)cc1. The highest BCUT2D eigenvalue weighted by atomic mass is 32.2. The molecular formula is C18H19N3O6S. The number of aliphatic carboxylic acids is 1. The topological polar surface area (TPSA) is 129 Å². The number of anilines is 1. The van der Waals surface area contributed by atoms with Crippen molar-refractivity contribution in [3.8, 4) is 0 Å². The van der Waals surface area contributed by atoms with Crippen molar-refractivity contribution in [2.45, 2.75) is 25.3 Å². The van der Waals surface area contributed by atoms with Gasteiger partial charge < -0.3 is 9.52 Å². The minimum atomic E-state index is -3.37. The fourth-order valence-corrected chi connectivity index (χ4v) is 3.45. The van der Waals surface area contributed by atoms with Crippen LogP contribution in [0, 0.1) is 0 Å². The number of carboxylic acids is 1. The molecule has 0 fully saturated rings. The molecule has 148 valence electrons. The van der Waals surface area contributed by atoms with Gasteiger partial charge in [0.1, 0.15) is 11.8 Å². The number of carbonyl (C=O) groups is 2. The van der Waals surface area contributed by atoms with Crippen LogP contribution < -0.4 is 4.72 Å². The highest BCUT2D eigenvalue weighted by Crippen LogP contribution is 2.33. The van der Waals surface area contributed by atoms with E-state index in [2.05, 4.69) is 9.82 Å². The molecule has 0 radical (unpaired) electrons. The summed E-state index contributed by atoms with van der Waals surface area (Å²) in [7, 11) is -3.37. The fraction of sp³-hybridized carbons (Fsp3) is 0.278. The van der Waals surface area contributed by atoms with Gasteiger partial charge in [0.2, 0.25) is 15.9 Å². The standard InChI is InChI=1S/C18H19N3O6S/c1-28(25,26)20-13-6-4-12(5-7-13)14-11-15(16-3-2-10-27-16)21(19-14)17(22)8-9-18(23)24/h2-7,10,15,20H,8-9,11H2,1H3,(H,23,24). The van der Waals surface area contributed by atoms with Crippen molar-refractivity contribution in [1.29, 1.82) is 0 Å². The van der Waals surface area contributed by atoms with E-state index in [0.29, 0.717) is 23.6 Å². The van der Waals surface area contributed by atoms with Crippen molar-refractivity contribution in [2.24, 2.45) is 5.10 Å². The van der Waals surface area contributed by atoms with Crippen LogP contribution >= 0.6 is 0 Å². The van der Waals surface area contributed by atoms with E-state index in [1.54, 1.807) is 36.4 Å². The molecule has 1 aromatic carbocycles. The lowest BCUT2D eigenvalue weighted by atomic mass is 10.0. The number of carbonyl (C=O) groups excluding carboxylic acids is 1. The maximum absolute atomic E-state index is 12.5. The fourth-order valence-electron chi connectivity index (χ4n) is 2.89. The van der Waals surface area contributed by atoms with Gasteiger partial charge in [-0.1, -0.05) is 12.1 Å². The number of hydrogen-bond acceptors (Lipinski definition) is 6. The predicted octanol–water partition coefficient (Wildman–Crippen LogP) is 2.19. The second kappa shape index (κ2) is 7.85. The number of sulfonamides is 1. The summed E-state index contributed by atoms with van der Waals surface area (Å²) in [6.07, 6.45) is 2.51. The molecule has 1 amide bonds. The Morgan fingerprint density at radius 3 is 2.54 bits per heavy atom. The molecule has 28 heavy (non-hydrogen) atoms. The van der Waals surface area contributed by atoms with Gasteiger partial charge in [-0.3, -0.25) is 14.3 Å². The lowest BCUT2D eigenvalue weighted by Gasteiger charge is -2.19. The number of hydrogen-bond donors (Lipinski definition) is 2. The molecule has 0 saturated heterocycles. The van der Waals surface area contributed by atoms with Crippen LogP contribution in [-0.2, 0) is 19.6 Å². The zero-order valence-corrected chi connectivity index (χ0v) is 15.8. The maximum Gasteiger partial charge on any atom is 0.303 e. The molecule has 2 heterocycles. The van der Waals surface area contributed by atoms with Crippen LogP contribution in [0.25, 0.3) is 0 Å². The highest BCUT2D eigenvalue weighted by molar-refractivity contribution is 7.92. The molecule has 0 aliphatic carbocycles. The molecule has 2 N–H and O–H groups in total. The smallest absolute Gasteiger partial charge is 0.303 e. The molecule has 1 aliphatic rings. The van der Waals surface area contributed by atoms with Crippen molar-refractivity contribution in [2.75, 3.05) is 11.0 Å². The predicted molar refractivity (Wildman–Crippen MR) is 101 cm³/mol. The quantitative estimate of drug-likeness (QED) is 0.726. The number of benzene rings is 1. The first-order valence-corrected chi connectivity index (χ1v) is 10.3. The van der Waals surface area contributed by atoms with Gasteiger partial charge in [-0.15, -0.1) is 0 Å². The number of nitrogens with zero attached hydrogens (tertiary/aromatic N) is 2. The Morgan fingerprint density at radius 1 is 1.25 bits per heavy atom. The molecule has 0 spiro atoms. The normalized spacial score (nSPS) is 16.7. The molecule has 1 atom stereocenters. The Morgan fingerprint density at radius 2 is 1.96 bits per heavy atom. The minimum absolute atomic E-state index is 0.166. The summed E-state index contributed by atoms with van der Waals surface area (Å²) in [4.78, 5) is 23.3. The first-order chi connectivity index (χ1) is 13.2. The molecule has 10 heteroatoms. The van der Waals surface area contributed by atoms with Crippen LogP contribution in [0.5, 0.6) is 0 Å². The van der Waals surface area contributed by atoms with E-state index < -0.39 is 27.9 Å². The number of furan rings is 1. The van der Waals surface area contributed by atoms with Gasteiger partial charge in [0.25, 0.3) is 0 Å². The van der Waals surface area contributed by atoms with E-state index in [1.165, 1.54) is 11.3 Å².